The van der Waals surface area contributed by atoms with Crippen LogP contribution in [0.2, 0.25) is 0 Å². The molecule has 0 unspecified atom stereocenters. The van der Waals surface area contributed by atoms with Crippen LogP contribution in [0, 0.1) is 6.92 Å². The van der Waals surface area contributed by atoms with Crippen LogP contribution in [-0.4, -0.2) is 31.0 Å². The van der Waals surface area contributed by atoms with Crippen LogP contribution in [0.5, 0.6) is 5.75 Å². The molecule has 0 saturated carbocycles. The van der Waals surface area contributed by atoms with Gasteiger partial charge in [0.15, 0.2) is 0 Å². The zero-order valence-corrected chi connectivity index (χ0v) is 18.1. The van der Waals surface area contributed by atoms with Crippen LogP contribution in [0.1, 0.15) is 11.1 Å². The molecule has 3 aromatic heterocycles. The molecule has 2 aromatic carbocycles. The number of para-hydroxylation sites is 1. The summed E-state index contributed by atoms with van der Waals surface area (Å²) in [5.41, 5.74) is 4.26. The molecule has 0 atom stereocenters. The summed E-state index contributed by atoms with van der Waals surface area (Å²) < 4.78 is 9.40. The fraction of sp³-hybridized carbons (Fsp3) is 0.0833. The molecule has 8 heteroatoms. The number of hydrogen-bond acceptors (Lipinski definition) is 6. The third-order valence-electron chi connectivity index (χ3n) is 4.98. The first-order chi connectivity index (χ1) is 15.6. The Labute approximate surface area is 187 Å². The van der Waals surface area contributed by atoms with Gasteiger partial charge in [0.2, 0.25) is 4.96 Å². The molecule has 0 aliphatic heterocycles. The highest BCUT2D eigenvalue weighted by Crippen LogP contribution is 2.29. The van der Waals surface area contributed by atoms with Crippen molar-refractivity contribution in [2.75, 3.05) is 6.61 Å². The molecule has 158 valence electrons. The predicted molar refractivity (Wildman–Crippen MR) is 125 cm³/mol. The molecule has 7 nitrogen and oxygen atoms in total. The van der Waals surface area contributed by atoms with Crippen LogP contribution >= 0.6 is 11.3 Å². The van der Waals surface area contributed by atoms with Crippen molar-refractivity contribution in [3.05, 3.63) is 99.7 Å². The first kappa shape index (κ1) is 19.9. The third-order valence-corrected chi connectivity index (χ3v) is 5.95. The first-order valence-corrected chi connectivity index (χ1v) is 10.8. The van der Waals surface area contributed by atoms with Gasteiger partial charge in [-0.15, -0.1) is 0 Å². The lowest BCUT2D eigenvalue weighted by atomic mass is 10.0. The van der Waals surface area contributed by atoms with E-state index < -0.39 is 0 Å². The van der Waals surface area contributed by atoms with Crippen molar-refractivity contribution in [1.82, 2.24) is 24.4 Å². The minimum absolute atomic E-state index is 0.190. The SMILES string of the molecule is C=CCOc1ccc(-c2nn(-c3ccccc3)cc2/C=c2\sc3ncnn3c2=O)cc1C. The van der Waals surface area contributed by atoms with Gasteiger partial charge in [-0.25, -0.2) is 9.67 Å². The van der Waals surface area contributed by atoms with Gasteiger partial charge in [-0.3, -0.25) is 4.79 Å². The number of ether oxygens (including phenoxy) is 1. The lowest BCUT2D eigenvalue weighted by Crippen LogP contribution is -2.23. The number of rotatable bonds is 6. The second-order valence-electron chi connectivity index (χ2n) is 7.16. The van der Waals surface area contributed by atoms with Gasteiger partial charge in [-0.05, 0) is 48.9 Å². The Morgan fingerprint density at radius 3 is 2.78 bits per heavy atom. The van der Waals surface area contributed by atoms with Crippen LogP contribution in [-0.2, 0) is 0 Å². The van der Waals surface area contributed by atoms with Crippen molar-refractivity contribution in [1.29, 1.82) is 0 Å². The van der Waals surface area contributed by atoms with E-state index in [1.165, 1.54) is 22.2 Å². The Bertz CT molecular complexity index is 1530. The molecule has 0 saturated heterocycles. The molecule has 0 bridgehead atoms. The summed E-state index contributed by atoms with van der Waals surface area (Å²) >= 11 is 1.30. The molecule has 0 aliphatic rings. The number of hydrogen-bond donors (Lipinski definition) is 0. The van der Waals surface area contributed by atoms with Gasteiger partial charge in [0.05, 0.1) is 10.2 Å². The third kappa shape index (κ3) is 3.61. The molecule has 32 heavy (non-hydrogen) atoms. The molecule has 0 amide bonds. The molecule has 3 heterocycles. The topological polar surface area (TPSA) is 74.3 Å². The molecule has 0 spiro atoms. The average molecular weight is 442 g/mol. The van der Waals surface area contributed by atoms with E-state index in [-0.39, 0.29) is 5.56 Å². The molecule has 0 radical (unpaired) electrons. The van der Waals surface area contributed by atoms with Gasteiger partial charge in [-0.2, -0.15) is 14.7 Å². The van der Waals surface area contributed by atoms with Gasteiger partial charge < -0.3 is 4.74 Å². The molecular formula is C24H19N5O2S. The molecular weight excluding hydrogens is 422 g/mol. The van der Waals surface area contributed by atoms with Gasteiger partial charge in [0.25, 0.3) is 5.56 Å². The summed E-state index contributed by atoms with van der Waals surface area (Å²) in [6.45, 7) is 6.14. The second-order valence-corrected chi connectivity index (χ2v) is 8.17. The summed E-state index contributed by atoms with van der Waals surface area (Å²) in [4.78, 5) is 17.4. The summed E-state index contributed by atoms with van der Waals surface area (Å²) in [5, 5.41) is 8.85. The van der Waals surface area contributed by atoms with E-state index in [0.29, 0.717) is 16.1 Å². The Kier molecular flexibility index (Phi) is 5.12. The van der Waals surface area contributed by atoms with E-state index in [1.54, 1.807) is 6.08 Å². The fourth-order valence-corrected chi connectivity index (χ4v) is 4.33. The molecule has 5 rings (SSSR count). The summed E-state index contributed by atoms with van der Waals surface area (Å²) in [7, 11) is 0. The van der Waals surface area contributed by atoms with E-state index in [2.05, 4.69) is 16.7 Å². The van der Waals surface area contributed by atoms with Crippen molar-refractivity contribution in [2.45, 2.75) is 6.92 Å². The fourth-order valence-electron chi connectivity index (χ4n) is 3.46. The van der Waals surface area contributed by atoms with Crippen LogP contribution in [0.25, 0.3) is 28.0 Å². The number of aromatic nitrogens is 5. The van der Waals surface area contributed by atoms with Gasteiger partial charge in [0.1, 0.15) is 24.4 Å². The number of nitrogens with zero attached hydrogens (tertiary/aromatic N) is 5. The molecule has 0 aliphatic carbocycles. The van der Waals surface area contributed by atoms with E-state index in [0.717, 1.165) is 33.8 Å². The zero-order chi connectivity index (χ0) is 22.1. The van der Waals surface area contributed by atoms with Crippen molar-refractivity contribution in [2.24, 2.45) is 0 Å². The second kappa shape index (κ2) is 8.24. The highest BCUT2D eigenvalue weighted by molar-refractivity contribution is 7.15. The maximum absolute atomic E-state index is 12.7. The van der Waals surface area contributed by atoms with Crippen LogP contribution in [0.3, 0.4) is 0 Å². The quantitative estimate of drug-likeness (QED) is 0.378. The highest BCUT2D eigenvalue weighted by Gasteiger charge is 2.14. The summed E-state index contributed by atoms with van der Waals surface area (Å²) in [6, 6.07) is 15.8. The molecule has 0 N–H and O–H groups in total. The largest absolute Gasteiger partial charge is 0.489 e. The standard InChI is InChI=1S/C24H19N5O2S/c1-3-11-31-20-10-9-17(12-16(20)2)22-18(14-28(27-22)19-7-5-4-6-8-19)13-21-23(30)29-24(32-21)25-15-26-29/h3-10,12-15H,1,11H2,2H3/b21-13-. The summed E-state index contributed by atoms with van der Waals surface area (Å²) in [5.74, 6) is 0.800. The maximum Gasteiger partial charge on any atom is 0.291 e. The Hall–Kier alpha value is -4.04. The van der Waals surface area contributed by atoms with Gasteiger partial charge >= 0.3 is 0 Å². The number of benzene rings is 2. The normalized spacial score (nSPS) is 11.8. The molecule has 5 aromatic rings. The number of fused-ring (bicyclic) bond motifs is 1. The monoisotopic (exact) mass is 441 g/mol. The van der Waals surface area contributed by atoms with Crippen LogP contribution in [0.15, 0.2) is 78.5 Å². The van der Waals surface area contributed by atoms with Crippen molar-refractivity contribution < 1.29 is 4.74 Å². The minimum Gasteiger partial charge on any atom is -0.489 e. The minimum atomic E-state index is -0.190. The Morgan fingerprint density at radius 2 is 2.03 bits per heavy atom. The smallest absolute Gasteiger partial charge is 0.291 e. The van der Waals surface area contributed by atoms with E-state index >= 15 is 0 Å². The van der Waals surface area contributed by atoms with Gasteiger partial charge in [0, 0.05) is 17.3 Å². The van der Waals surface area contributed by atoms with Crippen molar-refractivity contribution in [3.8, 4) is 22.7 Å². The van der Waals surface area contributed by atoms with Crippen molar-refractivity contribution in [3.63, 3.8) is 0 Å². The number of thiazole rings is 1. The van der Waals surface area contributed by atoms with Crippen molar-refractivity contribution >= 4 is 22.4 Å². The van der Waals surface area contributed by atoms with Crippen LogP contribution in [0.4, 0.5) is 0 Å². The van der Waals surface area contributed by atoms with E-state index in [9.17, 15) is 4.79 Å². The van der Waals surface area contributed by atoms with E-state index in [4.69, 9.17) is 9.84 Å². The van der Waals surface area contributed by atoms with Crippen LogP contribution < -0.4 is 14.8 Å². The lowest BCUT2D eigenvalue weighted by molar-refractivity contribution is 0.361. The highest BCUT2D eigenvalue weighted by atomic mass is 32.1. The Morgan fingerprint density at radius 1 is 1.19 bits per heavy atom. The predicted octanol–water partition coefficient (Wildman–Crippen LogP) is 3.42. The molecule has 0 fully saturated rings. The zero-order valence-electron chi connectivity index (χ0n) is 17.3. The maximum atomic E-state index is 12.7. The van der Waals surface area contributed by atoms with E-state index in [1.807, 2.05) is 72.4 Å². The average Bonchev–Trinajstić information content (AvgIpc) is 3.51. The number of aryl methyl sites for hydroxylation is 1. The summed E-state index contributed by atoms with van der Waals surface area (Å²) in [6.07, 6.45) is 6.88. The lowest BCUT2D eigenvalue weighted by Gasteiger charge is -2.08. The Balaban J connectivity index is 1.67. The first-order valence-electron chi connectivity index (χ1n) is 9.98. The van der Waals surface area contributed by atoms with Gasteiger partial charge in [-0.1, -0.05) is 42.2 Å².